The van der Waals surface area contributed by atoms with E-state index in [9.17, 15) is 0 Å². The van der Waals surface area contributed by atoms with Crippen LogP contribution in [0.15, 0.2) is 41.3 Å². The normalized spacial score (nSPS) is 20.2. The van der Waals surface area contributed by atoms with Gasteiger partial charge in [-0.05, 0) is 43.7 Å². The molecule has 15 heavy (non-hydrogen) atoms. The predicted octanol–water partition coefficient (Wildman–Crippen LogP) is 3.93. The molecule has 1 aliphatic rings. The van der Waals surface area contributed by atoms with Crippen LogP contribution in [0.3, 0.4) is 0 Å². The maximum Gasteiger partial charge on any atom is 0.0444 e. The lowest BCUT2D eigenvalue weighted by atomic mass is 10.0. The summed E-state index contributed by atoms with van der Waals surface area (Å²) in [5.74, 6) is 0. The second kappa shape index (κ2) is 5.26. The lowest BCUT2D eigenvalue weighted by Gasteiger charge is -2.19. The molecule has 80 valence electrons. The molecule has 0 saturated carbocycles. The standard InChI is InChI=1S/C13H17NS/c1-15-13-9-5-8-12(10-13)14-11-6-3-2-4-7-11/h3,5-6,8-11,14H,2,4,7H2,1H3. The van der Waals surface area contributed by atoms with E-state index in [2.05, 4.69) is 48.0 Å². The summed E-state index contributed by atoms with van der Waals surface area (Å²) in [5, 5.41) is 3.56. The molecule has 1 aromatic carbocycles. The molecule has 0 fully saturated rings. The summed E-state index contributed by atoms with van der Waals surface area (Å²) in [6, 6.07) is 9.14. The van der Waals surface area contributed by atoms with Crippen LogP contribution in [-0.4, -0.2) is 12.3 Å². The molecule has 0 radical (unpaired) electrons. The first-order chi connectivity index (χ1) is 7.38. The van der Waals surface area contributed by atoms with Crippen LogP contribution in [0.4, 0.5) is 5.69 Å². The van der Waals surface area contributed by atoms with E-state index in [1.54, 1.807) is 11.8 Å². The predicted molar refractivity (Wildman–Crippen MR) is 68.6 cm³/mol. The number of nitrogens with one attached hydrogen (secondary N) is 1. The van der Waals surface area contributed by atoms with Gasteiger partial charge < -0.3 is 5.32 Å². The Hall–Kier alpha value is -0.890. The van der Waals surface area contributed by atoms with Crippen LogP contribution in [0.1, 0.15) is 19.3 Å². The Kier molecular flexibility index (Phi) is 3.73. The highest BCUT2D eigenvalue weighted by Gasteiger charge is 2.07. The largest absolute Gasteiger partial charge is 0.379 e. The van der Waals surface area contributed by atoms with Gasteiger partial charge in [0.15, 0.2) is 0 Å². The molecule has 0 aromatic heterocycles. The van der Waals surface area contributed by atoms with E-state index in [1.165, 1.54) is 29.8 Å². The summed E-state index contributed by atoms with van der Waals surface area (Å²) >= 11 is 1.79. The second-order valence-corrected chi connectivity index (χ2v) is 4.72. The van der Waals surface area contributed by atoms with E-state index >= 15 is 0 Å². The molecular weight excluding hydrogens is 202 g/mol. The van der Waals surface area contributed by atoms with Gasteiger partial charge >= 0.3 is 0 Å². The SMILES string of the molecule is CSc1cccc(NC2C=CCCC2)c1. The third kappa shape index (κ3) is 3.03. The van der Waals surface area contributed by atoms with Gasteiger partial charge in [0, 0.05) is 16.6 Å². The first kappa shape index (κ1) is 10.6. The third-order valence-electron chi connectivity index (χ3n) is 2.68. The first-order valence-corrected chi connectivity index (χ1v) is 6.68. The van der Waals surface area contributed by atoms with Crippen molar-refractivity contribution in [3.8, 4) is 0 Å². The zero-order valence-electron chi connectivity index (χ0n) is 9.07. The van der Waals surface area contributed by atoms with E-state index in [-0.39, 0.29) is 0 Å². The second-order valence-electron chi connectivity index (χ2n) is 3.84. The molecule has 2 heteroatoms. The van der Waals surface area contributed by atoms with E-state index < -0.39 is 0 Å². The number of hydrogen-bond donors (Lipinski definition) is 1. The molecule has 0 saturated heterocycles. The summed E-state index contributed by atoms with van der Waals surface area (Å²) in [7, 11) is 0. The maximum absolute atomic E-state index is 3.56. The Morgan fingerprint density at radius 2 is 2.33 bits per heavy atom. The minimum atomic E-state index is 0.524. The molecule has 1 nitrogen and oxygen atoms in total. The molecule has 1 aliphatic carbocycles. The maximum atomic E-state index is 3.56. The van der Waals surface area contributed by atoms with Crippen LogP contribution in [0.2, 0.25) is 0 Å². The number of anilines is 1. The Labute approximate surface area is 96.0 Å². The topological polar surface area (TPSA) is 12.0 Å². The smallest absolute Gasteiger partial charge is 0.0444 e. The molecule has 0 bridgehead atoms. The van der Waals surface area contributed by atoms with Crippen molar-refractivity contribution in [2.24, 2.45) is 0 Å². The highest BCUT2D eigenvalue weighted by Crippen LogP contribution is 2.21. The summed E-state index contributed by atoms with van der Waals surface area (Å²) in [6.45, 7) is 0. The molecule has 1 aromatic rings. The van der Waals surface area contributed by atoms with Crippen molar-refractivity contribution in [1.82, 2.24) is 0 Å². The highest BCUT2D eigenvalue weighted by atomic mass is 32.2. The average Bonchev–Trinajstić information content (AvgIpc) is 2.31. The van der Waals surface area contributed by atoms with Crippen LogP contribution in [0.25, 0.3) is 0 Å². The number of benzene rings is 1. The Balaban J connectivity index is 2.03. The molecule has 2 rings (SSSR count). The number of allylic oxidation sites excluding steroid dienone is 1. The van der Waals surface area contributed by atoms with Crippen LogP contribution in [0, 0.1) is 0 Å². The van der Waals surface area contributed by atoms with Crippen molar-refractivity contribution >= 4 is 17.4 Å². The van der Waals surface area contributed by atoms with Crippen molar-refractivity contribution in [1.29, 1.82) is 0 Å². The van der Waals surface area contributed by atoms with E-state index in [4.69, 9.17) is 0 Å². The molecule has 1 unspecified atom stereocenters. The molecule has 0 spiro atoms. The number of hydrogen-bond acceptors (Lipinski definition) is 2. The van der Waals surface area contributed by atoms with Crippen LogP contribution < -0.4 is 5.32 Å². The van der Waals surface area contributed by atoms with Gasteiger partial charge in [0.25, 0.3) is 0 Å². The molecule has 1 N–H and O–H groups in total. The summed E-state index contributed by atoms with van der Waals surface area (Å²) in [6.07, 6.45) is 10.5. The van der Waals surface area contributed by atoms with Crippen LogP contribution in [0.5, 0.6) is 0 Å². The van der Waals surface area contributed by atoms with Gasteiger partial charge in [-0.25, -0.2) is 0 Å². The monoisotopic (exact) mass is 219 g/mol. The van der Waals surface area contributed by atoms with Gasteiger partial charge in [-0.3, -0.25) is 0 Å². The fourth-order valence-electron chi connectivity index (χ4n) is 1.86. The number of rotatable bonds is 3. The zero-order chi connectivity index (χ0) is 10.5. The quantitative estimate of drug-likeness (QED) is 0.610. The van der Waals surface area contributed by atoms with Crippen molar-refractivity contribution in [2.75, 3.05) is 11.6 Å². The fraction of sp³-hybridized carbons (Fsp3) is 0.385. The minimum absolute atomic E-state index is 0.524. The van der Waals surface area contributed by atoms with Crippen LogP contribution >= 0.6 is 11.8 Å². The molecule has 0 amide bonds. The molecule has 0 heterocycles. The van der Waals surface area contributed by atoms with Gasteiger partial charge in [-0.2, -0.15) is 0 Å². The zero-order valence-corrected chi connectivity index (χ0v) is 9.89. The first-order valence-electron chi connectivity index (χ1n) is 5.46. The van der Waals surface area contributed by atoms with E-state index in [0.717, 1.165) is 0 Å². The van der Waals surface area contributed by atoms with Gasteiger partial charge in [0.1, 0.15) is 0 Å². The van der Waals surface area contributed by atoms with Gasteiger partial charge in [-0.1, -0.05) is 18.2 Å². The van der Waals surface area contributed by atoms with Crippen LogP contribution in [-0.2, 0) is 0 Å². The minimum Gasteiger partial charge on any atom is -0.379 e. The lowest BCUT2D eigenvalue weighted by molar-refractivity contribution is 0.673. The Morgan fingerprint density at radius 3 is 3.07 bits per heavy atom. The van der Waals surface area contributed by atoms with Crippen molar-refractivity contribution in [2.45, 2.75) is 30.2 Å². The Morgan fingerprint density at radius 1 is 1.40 bits per heavy atom. The van der Waals surface area contributed by atoms with E-state index in [1.807, 2.05) is 0 Å². The average molecular weight is 219 g/mol. The van der Waals surface area contributed by atoms with Crippen molar-refractivity contribution in [3.63, 3.8) is 0 Å². The molecule has 0 aliphatic heterocycles. The summed E-state index contributed by atoms with van der Waals surface area (Å²) in [4.78, 5) is 1.32. The lowest BCUT2D eigenvalue weighted by Crippen LogP contribution is -2.18. The van der Waals surface area contributed by atoms with E-state index in [0.29, 0.717) is 6.04 Å². The molecular formula is C13H17NS. The van der Waals surface area contributed by atoms with Gasteiger partial charge in [0.05, 0.1) is 0 Å². The van der Waals surface area contributed by atoms with Gasteiger partial charge in [0.2, 0.25) is 0 Å². The Bertz CT molecular complexity index is 346. The van der Waals surface area contributed by atoms with Crippen molar-refractivity contribution in [3.05, 3.63) is 36.4 Å². The summed E-state index contributed by atoms with van der Waals surface area (Å²) < 4.78 is 0. The fourth-order valence-corrected chi connectivity index (χ4v) is 2.32. The summed E-state index contributed by atoms with van der Waals surface area (Å²) in [5.41, 5.74) is 1.23. The number of thioether (sulfide) groups is 1. The molecule has 1 atom stereocenters. The highest BCUT2D eigenvalue weighted by molar-refractivity contribution is 7.98. The van der Waals surface area contributed by atoms with Gasteiger partial charge in [-0.15, -0.1) is 11.8 Å². The third-order valence-corrected chi connectivity index (χ3v) is 3.40. The van der Waals surface area contributed by atoms with Crippen molar-refractivity contribution < 1.29 is 0 Å².